The molecule has 0 unspecified atom stereocenters. The molecule has 0 aromatic heterocycles. The molecule has 0 fully saturated rings. The van der Waals surface area contributed by atoms with Gasteiger partial charge in [0.25, 0.3) is 0 Å². The van der Waals surface area contributed by atoms with Gasteiger partial charge in [-0.3, -0.25) is 4.79 Å². The van der Waals surface area contributed by atoms with Gasteiger partial charge in [-0.25, -0.2) is 0 Å². The van der Waals surface area contributed by atoms with Gasteiger partial charge in [-0.05, 0) is 32.3 Å². The summed E-state index contributed by atoms with van der Waals surface area (Å²) in [5.41, 5.74) is 0.914. The minimum absolute atomic E-state index is 0.362. The molecule has 5 heteroatoms. The van der Waals surface area contributed by atoms with Gasteiger partial charge in [-0.2, -0.15) is 0 Å². The lowest BCUT2D eigenvalue weighted by molar-refractivity contribution is -0.146. The summed E-state index contributed by atoms with van der Waals surface area (Å²) in [4.78, 5) is 11.4. The van der Waals surface area contributed by atoms with Gasteiger partial charge < -0.3 is 14.6 Å². The van der Waals surface area contributed by atoms with Crippen LogP contribution in [0.4, 0.5) is 0 Å². The van der Waals surface area contributed by atoms with Crippen molar-refractivity contribution < 1.29 is 19.4 Å². The predicted octanol–water partition coefficient (Wildman–Crippen LogP) is 3.72. The van der Waals surface area contributed by atoms with Crippen LogP contribution in [0.2, 0.25) is 5.02 Å². The molecule has 1 heterocycles. The smallest absolute Gasteiger partial charge is 0.309 e. The van der Waals surface area contributed by atoms with Crippen molar-refractivity contribution in [2.24, 2.45) is 5.41 Å². The van der Waals surface area contributed by atoms with Crippen LogP contribution in [0.5, 0.6) is 11.5 Å². The minimum Gasteiger partial charge on any atom is -0.489 e. The molecule has 0 atom stereocenters. The van der Waals surface area contributed by atoms with Crippen molar-refractivity contribution in [3.05, 3.63) is 22.2 Å². The highest BCUT2D eigenvalue weighted by atomic mass is 35.5. The van der Waals surface area contributed by atoms with E-state index in [4.69, 9.17) is 21.1 Å². The Morgan fingerprint density at radius 1 is 1.33 bits per heavy atom. The number of carbonyl (C=O) groups is 1. The molecule has 0 bridgehead atoms. The van der Waals surface area contributed by atoms with Crippen LogP contribution in [0, 0.1) is 5.41 Å². The van der Waals surface area contributed by atoms with Gasteiger partial charge in [0.15, 0.2) is 11.5 Å². The molecule has 1 aliphatic rings. The average Bonchev–Trinajstić information content (AvgIpc) is 2.64. The van der Waals surface area contributed by atoms with Gasteiger partial charge in [-0.1, -0.05) is 18.5 Å². The topological polar surface area (TPSA) is 55.8 Å². The predicted molar refractivity (Wildman–Crippen MR) is 81.6 cm³/mol. The highest BCUT2D eigenvalue weighted by Crippen LogP contribution is 2.42. The summed E-state index contributed by atoms with van der Waals surface area (Å²) in [6, 6.07) is 1.74. The fourth-order valence-corrected chi connectivity index (χ4v) is 2.74. The van der Waals surface area contributed by atoms with Crippen molar-refractivity contribution in [3.63, 3.8) is 0 Å². The molecule has 2 rings (SSSR count). The number of halogens is 1. The Kier molecular flexibility index (Phi) is 4.67. The fraction of sp³-hybridized carbons (Fsp3) is 0.562. The Bertz CT molecular complexity index is 552. The van der Waals surface area contributed by atoms with Crippen molar-refractivity contribution in [2.45, 2.75) is 40.0 Å². The maximum atomic E-state index is 11.4. The molecule has 116 valence electrons. The number of carboxylic acid groups (broad SMARTS) is 1. The lowest BCUT2D eigenvalue weighted by Crippen LogP contribution is -2.27. The zero-order chi connectivity index (χ0) is 15.6. The molecule has 4 nitrogen and oxygen atoms in total. The molecule has 0 saturated heterocycles. The summed E-state index contributed by atoms with van der Waals surface area (Å²) < 4.78 is 11.5. The van der Waals surface area contributed by atoms with Crippen molar-refractivity contribution in [1.29, 1.82) is 0 Å². The van der Waals surface area contributed by atoms with E-state index in [-0.39, 0.29) is 0 Å². The second-order valence-corrected chi connectivity index (χ2v) is 6.32. The van der Waals surface area contributed by atoms with Crippen molar-refractivity contribution in [3.8, 4) is 11.5 Å². The Labute approximate surface area is 130 Å². The van der Waals surface area contributed by atoms with Gasteiger partial charge in [0.2, 0.25) is 0 Å². The van der Waals surface area contributed by atoms with Gasteiger partial charge in [0.1, 0.15) is 0 Å². The lowest BCUT2D eigenvalue weighted by atomic mass is 9.83. The van der Waals surface area contributed by atoms with Gasteiger partial charge in [0.05, 0.1) is 18.6 Å². The second-order valence-electron chi connectivity index (χ2n) is 5.91. The number of carboxylic acids is 1. The number of hydrogen-bond donors (Lipinski definition) is 1. The van der Waals surface area contributed by atoms with Crippen molar-refractivity contribution in [1.82, 2.24) is 0 Å². The maximum absolute atomic E-state index is 11.4. The highest BCUT2D eigenvalue weighted by Gasteiger charge is 2.31. The first-order valence-corrected chi connectivity index (χ1v) is 7.58. The molecule has 0 aliphatic carbocycles. The van der Waals surface area contributed by atoms with Crippen molar-refractivity contribution in [2.75, 3.05) is 13.2 Å². The van der Waals surface area contributed by atoms with Crippen LogP contribution in [-0.4, -0.2) is 24.3 Å². The largest absolute Gasteiger partial charge is 0.489 e. The van der Waals surface area contributed by atoms with E-state index in [2.05, 4.69) is 0 Å². The van der Waals surface area contributed by atoms with Crippen LogP contribution in [0.25, 0.3) is 0 Å². The van der Waals surface area contributed by atoms with Gasteiger partial charge >= 0.3 is 5.97 Å². The summed E-state index contributed by atoms with van der Waals surface area (Å²) in [5.74, 6) is 0.537. The Hall–Kier alpha value is -1.42. The van der Waals surface area contributed by atoms with Crippen LogP contribution >= 0.6 is 11.6 Å². The van der Waals surface area contributed by atoms with E-state index < -0.39 is 11.4 Å². The zero-order valence-electron chi connectivity index (χ0n) is 12.7. The third-order valence-electron chi connectivity index (χ3n) is 3.75. The molecule has 0 saturated carbocycles. The maximum Gasteiger partial charge on any atom is 0.309 e. The normalized spacial score (nSPS) is 14.7. The third kappa shape index (κ3) is 3.26. The highest BCUT2D eigenvalue weighted by molar-refractivity contribution is 6.31. The molecule has 1 aromatic carbocycles. The number of ether oxygens (including phenoxy) is 2. The number of rotatable bonds is 4. The first kappa shape index (κ1) is 16.0. The van der Waals surface area contributed by atoms with E-state index in [1.165, 1.54) is 0 Å². The van der Waals surface area contributed by atoms with E-state index in [0.29, 0.717) is 30.4 Å². The third-order valence-corrected chi connectivity index (χ3v) is 4.09. The summed E-state index contributed by atoms with van der Waals surface area (Å²) >= 11 is 6.38. The minimum atomic E-state index is -0.882. The molecular weight excluding hydrogens is 292 g/mol. The summed E-state index contributed by atoms with van der Waals surface area (Å²) in [6.07, 6.45) is 1.91. The molecule has 21 heavy (non-hydrogen) atoms. The average molecular weight is 313 g/mol. The number of fused-ring (bicyclic) bond motifs is 1. The van der Waals surface area contributed by atoms with E-state index in [0.717, 1.165) is 29.7 Å². The first-order valence-electron chi connectivity index (χ1n) is 7.20. The van der Waals surface area contributed by atoms with Crippen LogP contribution in [0.1, 0.15) is 38.3 Å². The van der Waals surface area contributed by atoms with E-state index in [1.807, 2.05) is 6.92 Å². The summed E-state index contributed by atoms with van der Waals surface area (Å²) in [7, 11) is 0. The molecule has 1 N–H and O–H groups in total. The monoisotopic (exact) mass is 312 g/mol. The Morgan fingerprint density at radius 3 is 2.62 bits per heavy atom. The molecular formula is C16H21ClO4. The second kappa shape index (κ2) is 6.14. The zero-order valence-corrected chi connectivity index (χ0v) is 13.4. The van der Waals surface area contributed by atoms with Crippen LogP contribution < -0.4 is 9.47 Å². The summed E-state index contributed by atoms with van der Waals surface area (Å²) in [6.45, 7) is 6.62. The quantitative estimate of drug-likeness (QED) is 0.920. The standard InChI is InChI=1S/C16H21ClO4/c1-4-10-11(9-16(2,3)15(18)19)12(17)8-13-14(10)21-7-5-6-20-13/h8H,4-7,9H2,1-3H3,(H,18,19). The molecule has 0 spiro atoms. The number of benzene rings is 1. The van der Waals surface area contributed by atoms with Crippen LogP contribution in [0.15, 0.2) is 6.07 Å². The molecule has 0 amide bonds. The SMILES string of the molecule is CCc1c(CC(C)(C)C(=O)O)c(Cl)cc2c1OCCCO2. The van der Waals surface area contributed by atoms with E-state index in [1.54, 1.807) is 19.9 Å². The van der Waals surface area contributed by atoms with Crippen LogP contribution in [0.3, 0.4) is 0 Å². The van der Waals surface area contributed by atoms with Gasteiger partial charge in [-0.15, -0.1) is 0 Å². The van der Waals surface area contributed by atoms with E-state index in [9.17, 15) is 9.90 Å². The van der Waals surface area contributed by atoms with Crippen molar-refractivity contribution >= 4 is 17.6 Å². The molecule has 0 radical (unpaired) electrons. The van der Waals surface area contributed by atoms with Gasteiger partial charge in [0, 0.05) is 23.1 Å². The lowest BCUT2D eigenvalue weighted by Gasteiger charge is -2.24. The number of hydrogen-bond acceptors (Lipinski definition) is 3. The molecule has 1 aliphatic heterocycles. The Morgan fingerprint density at radius 2 is 2.00 bits per heavy atom. The first-order chi connectivity index (χ1) is 9.86. The summed E-state index contributed by atoms with van der Waals surface area (Å²) in [5, 5.41) is 9.89. The fourth-order valence-electron chi connectivity index (χ4n) is 2.46. The Balaban J connectivity index is 2.51. The molecule has 1 aromatic rings. The van der Waals surface area contributed by atoms with E-state index >= 15 is 0 Å². The van der Waals surface area contributed by atoms with Crippen LogP contribution in [-0.2, 0) is 17.6 Å². The number of aliphatic carboxylic acids is 1.